The average molecular weight is 506 g/mol. The lowest BCUT2D eigenvalue weighted by molar-refractivity contribution is 0.0218. The molecule has 3 heterocycles. The van der Waals surface area contributed by atoms with Crippen molar-refractivity contribution in [2.24, 2.45) is 0 Å². The van der Waals surface area contributed by atoms with E-state index in [1.54, 1.807) is 27.9 Å². The first-order valence-corrected chi connectivity index (χ1v) is 13.9. The summed E-state index contributed by atoms with van der Waals surface area (Å²) in [5.74, 6) is 0. The third kappa shape index (κ3) is 5.12. The molecule has 1 unspecified atom stereocenters. The lowest BCUT2D eigenvalue weighted by Gasteiger charge is -2.32. The molecule has 1 atom stereocenters. The van der Waals surface area contributed by atoms with Crippen molar-refractivity contribution in [1.29, 1.82) is 0 Å². The number of sulfone groups is 1. The van der Waals surface area contributed by atoms with Gasteiger partial charge in [-0.1, -0.05) is 0 Å². The van der Waals surface area contributed by atoms with Crippen LogP contribution in [-0.2, 0) is 25.4 Å². The van der Waals surface area contributed by atoms with Crippen molar-refractivity contribution in [3.8, 4) is 5.69 Å². The van der Waals surface area contributed by atoms with E-state index >= 15 is 0 Å². The van der Waals surface area contributed by atoms with Crippen molar-refractivity contribution in [1.82, 2.24) is 24.6 Å². The third-order valence-electron chi connectivity index (χ3n) is 5.43. The SMILES string of the molecule is CC(C)(C)OC(=O)N1CCC(S(=O)c2ncnc3c2cnn3-c2ccc(S(C)(=O)=O)cc2)CC1. The van der Waals surface area contributed by atoms with Crippen molar-refractivity contribution in [2.75, 3.05) is 19.3 Å². The van der Waals surface area contributed by atoms with Gasteiger partial charge in [0.15, 0.2) is 15.5 Å². The summed E-state index contributed by atoms with van der Waals surface area (Å²) < 4.78 is 43.9. The predicted molar refractivity (Wildman–Crippen MR) is 127 cm³/mol. The Balaban J connectivity index is 1.53. The standard InChI is InChI=1S/C22H27N5O5S2/c1-22(2,3)32-21(28)26-11-9-16(10-12-26)33(29)20-18-13-25-27(19(18)23-14-24-20)15-5-7-17(8-6-15)34(4,30)31/h5-8,13-14,16H,9-12H2,1-4H3. The summed E-state index contributed by atoms with van der Waals surface area (Å²) in [6.45, 7) is 6.41. The minimum Gasteiger partial charge on any atom is -0.444 e. The molecular formula is C22H27N5O5S2. The molecule has 1 aliphatic heterocycles. The molecule has 0 N–H and O–H groups in total. The zero-order chi connectivity index (χ0) is 24.7. The Labute approximate surface area is 200 Å². The number of carbonyl (C=O) groups is 1. The number of likely N-dealkylation sites (tertiary alicyclic amines) is 1. The Morgan fingerprint density at radius 2 is 1.76 bits per heavy atom. The van der Waals surface area contributed by atoms with Crippen molar-refractivity contribution in [3.63, 3.8) is 0 Å². The molecule has 0 aliphatic carbocycles. The number of piperidine rings is 1. The molecule has 1 saturated heterocycles. The van der Waals surface area contributed by atoms with Crippen LogP contribution in [0.3, 0.4) is 0 Å². The van der Waals surface area contributed by atoms with Gasteiger partial charge in [-0.05, 0) is 57.9 Å². The fraction of sp³-hybridized carbons (Fsp3) is 0.455. The van der Waals surface area contributed by atoms with E-state index in [-0.39, 0.29) is 16.2 Å². The van der Waals surface area contributed by atoms with Gasteiger partial charge in [0.25, 0.3) is 0 Å². The zero-order valence-electron chi connectivity index (χ0n) is 19.5. The van der Waals surface area contributed by atoms with Gasteiger partial charge >= 0.3 is 6.09 Å². The fourth-order valence-electron chi connectivity index (χ4n) is 3.74. The maximum absolute atomic E-state index is 13.4. The lowest BCUT2D eigenvalue weighted by atomic mass is 10.1. The van der Waals surface area contributed by atoms with E-state index in [2.05, 4.69) is 15.1 Å². The molecule has 1 amide bonds. The number of aromatic nitrogens is 4. The average Bonchev–Trinajstić information content (AvgIpc) is 3.21. The highest BCUT2D eigenvalue weighted by atomic mass is 32.2. The summed E-state index contributed by atoms with van der Waals surface area (Å²) in [6.07, 6.45) is 4.86. The number of fused-ring (bicyclic) bond motifs is 1. The molecule has 0 radical (unpaired) electrons. The number of hydrogen-bond donors (Lipinski definition) is 0. The number of rotatable bonds is 4. The molecule has 0 saturated carbocycles. The molecule has 0 spiro atoms. The van der Waals surface area contributed by atoms with Crippen molar-refractivity contribution < 1.29 is 22.2 Å². The Hall–Kier alpha value is -2.86. The number of benzene rings is 1. The largest absolute Gasteiger partial charge is 0.444 e. The molecule has 12 heteroatoms. The van der Waals surface area contributed by atoms with Crippen LogP contribution >= 0.6 is 0 Å². The number of hydrogen-bond acceptors (Lipinski definition) is 8. The van der Waals surface area contributed by atoms with E-state index in [1.807, 2.05) is 20.8 Å². The second kappa shape index (κ2) is 9.06. The second-order valence-corrected chi connectivity index (χ2v) is 12.9. The molecule has 4 rings (SSSR count). The molecule has 2 aromatic heterocycles. The highest BCUT2D eigenvalue weighted by Gasteiger charge is 2.31. The minimum atomic E-state index is -3.31. The third-order valence-corrected chi connectivity index (χ3v) is 8.34. The zero-order valence-corrected chi connectivity index (χ0v) is 21.1. The van der Waals surface area contributed by atoms with Crippen LogP contribution < -0.4 is 0 Å². The van der Waals surface area contributed by atoms with Crippen molar-refractivity contribution in [3.05, 3.63) is 36.8 Å². The van der Waals surface area contributed by atoms with Gasteiger partial charge in [-0.25, -0.2) is 27.9 Å². The Kier molecular flexibility index (Phi) is 6.47. The number of ether oxygens (including phenoxy) is 1. The predicted octanol–water partition coefficient (Wildman–Crippen LogP) is 2.73. The molecule has 1 fully saturated rings. The maximum Gasteiger partial charge on any atom is 0.410 e. The van der Waals surface area contributed by atoms with Gasteiger partial charge in [0, 0.05) is 24.6 Å². The summed E-state index contributed by atoms with van der Waals surface area (Å²) in [5, 5.41) is 5.19. The van der Waals surface area contributed by atoms with Crippen molar-refractivity contribution >= 4 is 37.8 Å². The quantitative estimate of drug-likeness (QED) is 0.496. The highest BCUT2D eigenvalue weighted by molar-refractivity contribution is 7.90. The van der Waals surface area contributed by atoms with Crippen LogP contribution in [0.2, 0.25) is 0 Å². The number of nitrogens with zero attached hydrogens (tertiary/aromatic N) is 5. The summed E-state index contributed by atoms with van der Waals surface area (Å²) in [7, 11) is -4.72. The van der Waals surface area contributed by atoms with E-state index in [0.717, 1.165) is 6.26 Å². The van der Waals surface area contributed by atoms with Crippen LogP contribution in [0.4, 0.5) is 4.79 Å². The fourth-order valence-corrected chi connectivity index (χ4v) is 5.84. The van der Waals surface area contributed by atoms with E-state index in [0.29, 0.717) is 47.7 Å². The summed E-state index contributed by atoms with van der Waals surface area (Å²) in [4.78, 5) is 22.8. The maximum atomic E-state index is 13.4. The van der Waals surface area contributed by atoms with Crippen molar-refractivity contribution in [2.45, 2.75) is 54.4 Å². The molecule has 1 aromatic carbocycles. The highest BCUT2D eigenvalue weighted by Crippen LogP contribution is 2.27. The van der Waals surface area contributed by atoms with E-state index in [9.17, 15) is 17.4 Å². The van der Waals surface area contributed by atoms with Gasteiger partial charge in [-0.3, -0.25) is 4.21 Å². The Bertz CT molecular complexity index is 1340. The first-order chi connectivity index (χ1) is 15.9. The molecular weight excluding hydrogens is 478 g/mol. The summed E-state index contributed by atoms with van der Waals surface area (Å²) >= 11 is 0. The van der Waals surface area contributed by atoms with Crippen LogP contribution in [0, 0.1) is 0 Å². The second-order valence-electron chi connectivity index (χ2n) is 9.20. The lowest BCUT2D eigenvalue weighted by Crippen LogP contribution is -2.43. The van der Waals surface area contributed by atoms with Crippen LogP contribution in [0.25, 0.3) is 16.7 Å². The number of amides is 1. The van der Waals surface area contributed by atoms with E-state index in [1.165, 1.54) is 18.5 Å². The Morgan fingerprint density at radius 3 is 2.35 bits per heavy atom. The van der Waals surface area contributed by atoms with E-state index < -0.39 is 26.2 Å². The van der Waals surface area contributed by atoms with Crippen LogP contribution in [0.5, 0.6) is 0 Å². The minimum absolute atomic E-state index is 0.158. The smallest absolute Gasteiger partial charge is 0.410 e. The number of carbonyl (C=O) groups excluding carboxylic acids is 1. The first-order valence-electron chi connectivity index (χ1n) is 10.8. The van der Waals surface area contributed by atoms with Crippen LogP contribution in [0.15, 0.2) is 46.7 Å². The van der Waals surface area contributed by atoms with Gasteiger partial charge in [0.2, 0.25) is 0 Å². The Morgan fingerprint density at radius 1 is 1.12 bits per heavy atom. The van der Waals surface area contributed by atoms with Gasteiger partial charge in [-0.2, -0.15) is 5.10 Å². The van der Waals surface area contributed by atoms with Gasteiger partial charge in [0.1, 0.15) is 17.0 Å². The molecule has 3 aromatic rings. The van der Waals surface area contributed by atoms with Gasteiger partial charge in [-0.15, -0.1) is 0 Å². The topological polar surface area (TPSA) is 124 Å². The van der Waals surface area contributed by atoms with Gasteiger partial charge in [0.05, 0.1) is 33.0 Å². The molecule has 0 bridgehead atoms. The van der Waals surface area contributed by atoms with Gasteiger partial charge < -0.3 is 9.64 Å². The normalized spacial score (nSPS) is 16.5. The summed E-state index contributed by atoms with van der Waals surface area (Å²) in [6, 6.07) is 6.32. The molecule has 1 aliphatic rings. The summed E-state index contributed by atoms with van der Waals surface area (Å²) in [5.41, 5.74) is 0.550. The van der Waals surface area contributed by atoms with E-state index in [4.69, 9.17) is 4.74 Å². The molecule has 10 nitrogen and oxygen atoms in total. The molecule has 34 heavy (non-hydrogen) atoms. The first kappa shape index (κ1) is 24.3. The van der Waals surface area contributed by atoms with Crippen LogP contribution in [-0.4, -0.2) is 73.6 Å². The molecule has 182 valence electrons. The monoisotopic (exact) mass is 505 g/mol. The van der Waals surface area contributed by atoms with Crippen LogP contribution in [0.1, 0.15) is 33.6 Å².